The van der Waals surface area contributed by atoms with Crippen LogP contribution >= 0.6 is 11.6 Å². The third-order valence-electron chi connectivity index (χ3n) is 5.83. The SMILES string of the molecule is Cc1cc(C)c(CNC(=O)c2ccc(Cl)c(S(=O)(=O)N3CCc4ccccc4C3)c2)c(=O)[nH]1. The van der Waals surface area contributed by atoms with Gasteiger partial charge in [-0.05, 0) is 61.2 Å². The molecule has 1 aromatic heterocycles. The monoisotopic (exact) mass is 485 g/mol. The van der Waals surface area contributed by atoms with E-state index in [2.05, 4.69) is 10.3 Å². The average Bonchev–Trinajstić information content (AvgIpc) is 2.78. The number of hydrogen-bond donors (Lipinski definition) is 2. The van der Waals surface area contributed by atoms with Crippen molar-refractivity contribution in [3.05, 3.63) is 97.4 Å². The summed E-state index contributed by atoms with van der Waals surface area (Å²) in [7, 11) is -3.91. The number of rotatable bonds is 5. The zero-order chi connectivity index (χ0) is 23.8. The van der Waals surface area contributed by atoms with Crippen molar-refractivity contribution in [2.24, 2.45) is 0 Å². The fraction of sp³-hybridized carbons (Fsp3) is 0.250. The van der Waals surface area contributed by atoms with E-state index in [1.54, 1.807) is 13.8 Å². The van der Waals surface area contributed by atoms with Crippen LogP contribution in [0.25, 0.3) is 0 Å². The number of pyridine rings is 1. The number of amides is 1. The van der Waals surface area contributed by atoms with Gasteiger partial charge in [0.2, 0.25) is 10.0 Å². The van der Waals surface area contributed by atoms with Crippen molar-refractivity contribution in [1.29, 1.82) is 0 Å². The Hall–Kier alpha value is -2.94. The smallest absolute Gasteiger partial charge is 0.253 e. The first-order chi connectivity index (χ1) is 15.7. The highest BCUT2D eigenvalue weighted by Crippen LogP contribution is 2.29. The number of fused-ring (bicyclic) bond motifs is 1. The molecule has 0 atom stereocenters. The maximum absolute atomic E-state index is 13.4. The Morgan fingerprint density at radius 1 is 1.12 bits per heavy atom. The third kappa shape index (κ3) is 4.73. The van der Waals surface area contributed by atoms with Gasteiger partial charge in [0.1, 0.15) is 4.90 Å². The van der Waals surface area contributed by atoms with Gasteiger partial charge in [-0.3, -0.25) is 9.59 Å². The summed E-state index contributed by atoms with van der Waals surface area (Å²) in [5, 5.41) is 2.75. The number of nitrogens with one attached hydrogen (secondary N) is 2. The summed E-state index contributed by atoms with van der Waals surface area (Å²) in [6, 6.07) is 13.7. The van der Waals surface area contributed by atoms with E-state index < -0.39 is 15.9 Å². The second-order valence-electron chi connectivity index (χ2n) is 8.13. The molecule has 4 rings (SSSR count). The number of H-pyrrole nitrogens is 1. The molecule has 2 heterocycles. The maximum Gasteiger partial charge on any atom is 0.253 e. The molecule has 9 heteroatoms. The summed E-state index contributed by atoms with van der Waals surface area (Å²) in [5.74, 6) is -0.494. The molecular weight excluding hydrogens is 462 g/mol. The molecule has 3 aromatic rings. The number of aromatic amines is 1. The van der Waals surface area contributed by atoms with Gasteiger partial charge in [-0.15, -0.1) is 0 Å². The average molecular weight is 486 g/mol. The first kappa shape index (κ1) is 23.2. The minimum Gasteiger partial charge on any atom is -0.348 e. The minimum absolute atomic E-state index is 0.0217. The van der Waals surface area contributed by atoms with Crippen LogP contribution in [0.4, 0.5) is 0 Å². The summed E-state index contributed by atoms with van der Waals surface area (Å²) in [6.07, 6.45) is 0.609. The Kier molecular flexibility index (Phi) is 6.43. The van der Waals surface area contributed by atoms with Crippen LogP contribution in [0.3, 0.4) is 0 Å². The Bertz CT molecular complexity index is 1400. The quantitative estimate of drug-likeness (QED) is 0.579. The molecule has 172 valence electrons. The summed E-state index contributed by atoms with van der Waals surface area (Å²) >= 11 is 6.25. The number of aryl methyl sites for hydroxylation is 2. The topological polar surface area (TPSA) is 99.3 Å². The number of carbonyl (C=O) groups is 1. The lowest BCUT2D eigenvalue weighted by Crippen LogP contribution is -2.36. The van der Waals surface area contributed by atoms with Crippen molar-refractivity contribution in [2.45, 2.75) is 38.3 Å². The lowest BCUT2D eigenvalue weighted by molar-refractivity contribution is 0.0950. The minimum atomic E-state index is -3.91. The Balaban J connectivity index is 1.56. The van der Waals surface area contributed by atoms with Crippen LogP contribution in [-0.2, 0) is 29.5 Å². The molecule has 0 fully saturated rings. The standard InChI is InChI=1S/C24H24ClN3O4S/c1-15-11-16(2)27-24(30)20(15)13-26-23(29)18-7-8-21(25)22(12-18)33(31,32)28-10-9-17-5-3-4-6-19(17)14-28/h3-8,11-12H,9-10,13-14H2,1-2H3,(H,26,29)(H,27,30). The van der Waals surface area contributed by atoms with Gasteiger partial charge in [0.15, 0.2) is 0 Å². The van der Waals surface area contributed by atoms with Crippen molar-refractivity contribution in [2.75, 3.05) is 6.54 Å². The van der Waals surface area contributed by atoms with Gasteiger partial charge in [0.05, 0.1) is 5.02 Å². The summed E-state index contributed by atoms with van der Waals surface area (Å²) < 4.78 is 28.1. The molecule has 7 nitrogen and oxygen atoms in total. The summed E-state index contributed by atoms with van der Waals surface area (Å²) in [6.45, 7) is 4.19. The number of nitrogens with zero attached hydrogens (tertiary/aromatic N) is 1. The summed E-state index contributed by atoms with van der Waals surface area (Å²) in [4.78, 5) is 27.6. The second kappa shape index (κ2) is 9.13. The highest BCUT2D eigenvalue weighted by Gasteiger charge is 2.30. The van der Waals surface area contributed by atoms with Crippen molar-refractivity contribution in [3.63, 3.8) is 0 Å². The molecule has 1 aliphatic rings. The van der Waals surface area contributed by atoms with Gasteiger partial charge >= 0.3 is 0 Å². The first-order valence-corrected chi connectivity index (χ1v) is 12.3. The number of aromatic nitrogens is 1. The predicted octanol–water partition coefficient (Wildman–Crippen LogP) is 3.32. The van der Waals surface area contributed by atoms with Crippen LogP contribution in [0.2, 0.25) is 5.02 Å². The molecule has 0 unspecified atom stereocenters. The van der Waals surface area contributed by atoms with Gasteiger partial charge in [-0.25, -0.2) is 8.42 Å². The van der Waals surface area contributed by atoms with Crippen LogP contribution in [0.15, 0.2) is 58.2 Å². The first-order valence-electron chi connectivity index (χ1n) is 10.5. The highest BCUT2D eigenvalue weighted by molar-refractivity contribution is 7.89. The van der Waals surface area contributed by atoms with Crippen molar-refractivity contribution in [3.8, 4) is 0 Å². The van der Waals surface area contributed by atoms with Crippen molar-refractivity contribution < 1.29 is 13.2 Å². The Labute approximate surface area is 197 Å². The maximum atomic E-state index is 13.4. The molecule has 0 radical (unpaired) electrons. The second-order valence-corrected chi connectivity index (χ2v) is 10.4. The Morgan fingerprint density at radius 2 is 1.85 bits per heavy atom. The zero-order valence-electron chi connectivity index (χ0n) is 18.3. The van der Waals surface area contributed by atoms with Crippen LogP contribution in [-0.4, -0.2) is 30.2 Å². The number of sulfonamides is 1. The molecule has 0 spiro atoms. The molecule has 2 N–H and O–H groups in total. The molecule has 0 saturated heterocycles. The molecule has 33 heavy (non-hydrogen) atoms. The van der Waals surface area contributed by atoms with E-state index in [4.69, 9.17) is 11.6 Å². The molecule has 0 aliphatic carbocycles. The van der Waals surface area contributed by atoms with E-state index in [-0.39, 0.29) is 34.1 Å². The fourth-order valence-corrected chi connectivity index (χ4v) is 5.95. The molecule has 1 amide bonds. The van der Waals surface area contributed by atoms with Crippen LogP contribution < -0.4 is 10.9 Å². The van der Waals surface area contributed by atoms with Crippen molar-refractivity contribution >= 4 is 27.5 Å². The lowest BCUT2D eigenvalue weighted by atomic mass is 10.0. The molecule has 0 saturated carbocycles. The van der Waals surface area contributed by atoms with Crippen molar-refractivity contribution in [1.82, 2.24) is 14.6 Å². The largest absolute Gasteiger partial charge is 0.348 e. The van der Waals surface area contributed by atoms with Gasteiger partial charge in [-0.2, -0.15) is 4.31 Å². The third-order valence-corrected chi connectivity index (χ3v) is 8.15. The lowest BCUT2D eigenvalue weighted by Gasteiger charge is -2.28. The number of benzene rings is 2. The normalized spacial score (nSPS) is 14.0. The van der Waals surface area contributed by atoms with Gasteiger partial charge in [0.25, 0.3) is 11.5 Å². The van der Waals surface area contributed by atoms with E-state index in [0.29, 0.717) is 18.5 Å². The van der Waals surface area contributed by atoms with Crippen LogP contribution in [0, 0.1) is 13.8 Å². The predicted molar refractivity (Wildman–Crippen MR) is 127 cm³/mol. The molecule has 1 aliphatic heterocycles. The van der Waals surface area contributed by atoms with Gasteiger partial charge < -0.3 is 10.3 Å². The number of carbonyl (C=O) groups excluding carboxylic acids is 1. The van der Waals surface area contributed by atoms with E-state index in [9.17, 15) is 18.0 Å². The highest BCUT2D eigenvalue weighted by atomic mass is 35.5. The fourth-order valence-electron chi connectivity index (χ4n) is 4.03. The summed E-state index contributed by atoms with van der Waals surface area (Å²) in [5.41, 5.74) is 3.92. The molecule has 0 bridgehead atoms. The molecular formula is C24H24ClN3O4S. The van der Waals surface area contributed by atoms with Crippen LogP contribution in [0.1, 0.15) is 38.3 Å². The van der Waals surface area contributed by atoms with E-state index >= 15 is 0 Å². The molecule has 2 aromatic carbocycles. The van der Waals surface area contributed by atoms with E-state index in [1.165, 1.54) is 22.5 Å². The number of halogens is 1. The zero-order valence-corrected chi connectivity index (χ0v) is 19.9. The van der Waals surface area contributed by atoms with Gasteiger partial charge in [0, 0.05) is 36.5 Å². The van der Waals surface area contributed by atoms with E-state index in [0.717, 1.165) is 22.4 Å². The Morgan fingerprint density at radius 3 is 2.58 bits per heavy atom. The van der Waals surface area contributed by atoms with E-state index in [1.807, 2.05) is 30.3 Å². The van der Waals surface area contributed by atoms with Gasteiger partial charge in [-0.1, -0.05) is 35.9 Å². The van der Waals surface area contributed by atoms with Crippen LogP contribution in [0.5, 0.6) is 0 Å². The number of hydrogen-bond acceptors (Lipinski definition) is 4.